The molecular weight excluding hydrogens is 364 g/mol. The van der Waals surface area contributed by atoms with E-state index in [1.807, 2.05) is 24.3 Å². The van der Waals surface area contributed by atoms with Crippen LogP contribution in [0.4, 0.5) is 5.69 Å². The fraction of sp³-hybridized carbons (Fsp3) is 0.350. The van der Waals surface area contributed by atoms with Gasteiger partial charge in [-0.3, -0.25) is 9.10 Å². The predicted octanol–water partition coefficient (Wildman–Crippen LogP) is 2.38. The van der Waals surface area contributed by atoms with Crippen LogP contribution in [0.1, 0.15) is 27.9 Å². The Kier molecular flexibility index (Phi) is 5.70. The number of sulfonamides is 1. The molecule has 0 saturated carbocycles. The molecule has 7 heteroatoms. The summed E-state index contributed by atoms with van der Waals surface area (Å²) in [5, 5.41) is 2.92. The molecule has 0 aliphatic carbocycles. The maximum absolute atomic E-state index is 12.4. The Hall–Kier alpha value is -2.54. The van der Waals surface area contributed by atoms with Crippen molar-refractivity contribution in [3.8, 4) is 5.75 Å². The summed E-state index contributed by atoms with van der Waals surface area (Å²) in [6.07, 6.45) is 3.46. The van der Waals surface area contributed by atoms with Crippen LogP contribution < -0.4 is 14.4 Å². The van der Waals surface area contributed by atoms with E-state index in [9.17, 15) is 13.2 Å². The fourth-order valence-corrected chi connectivity index (χ4v) is 4.26. The second kappa shape index (κ2) is 8.00. The van der Waals surface area contributed by atoms with Crippen LogP contribution in [0.5, 0.6) is 5.75 Å². The Morgan fingerprint density at radius 1 is 1.19 bits per heavy atom. The van der Waals surface area contributed by atoms with E-state index in [1.165, 1.54) is 10.6 Å². The highest BCUT2D eigenvalue weighted by molar-refractivity contribution is 7.92. The molecule has 0 bridgehead atoms. The number of carbonyl (C=O) groups excluding carboxylic acids is 1. The van der Waals surface area contributed by atoms with E-state index in [1.54, 1.807) is 25.3 Å². The third-order valence-electron chi connectivity index (χ3n) is 4.68. The maximum atomic E-state index is 12.4. The van der Waals surface area contributed by atoms with Crippen molar-refractivity contribution < 1.29 is 17.9 Å². The zero-order valence-corrected chi connectivity index (χ0v) is 16.4. The summed E-state index contributed by atoms with van der Waals surface area (Å²) >= 11 is 0. The SMILES string of the molecule is COc1ccc(CCNC(=O)c2ccc3c(c2)CCCN3S(C)(=O)=O)cc1. The van der Waals surface area contributed by atoms with Crippen LogP contribution in [0.2, 0.25) is 0 Å². The van der Waals surface area contributed by atoms with Gasteiger partial charge in [-0.25, -0.2) is 8.42 Å². The number of nitrogens with one attached hydrogen (secondary N) is 1. The number of amides is 1. The number of hydrogen-bond acceptors (Lipinski definition) is 4. The van der Waals surface area contributed by atoms with Crippen molar-refractivity contribution in [1.82, 2.24) is 5.32 Å². The molecule has 27 heavy (non-hydrogen) atoms. The first-order valence-electron chi connectivity index (χ1n) is 8.90. The van der Waals surface area contributed by atoms with Crippen LogP contribution >= 0.6 is 0 Å². The largest absolute Gasteiger partial charge is 0.497 e. The summed E-state index contributed by atoms with van der Waals surface area (Å²) in [7, 11) is -1.67. The Morgan fingerprint density at radius 2 is 1.93 bits per heavy atom. The first kappa shape index (κ1) is 19.2. The first-order valence-corrected chi connectivity index (χ1v) is 10.7. The van der Waals surface area contributed by atoms with E-state index >= 15 is 0 Å². The standard InChI is InChI=1S/C20H24N2O4S/c1-26-18-8-5-15(6-9-18)11-12-21-20(23)17-7-10-19-16(14-17)4-3-13-22(19)27(2,24)25/h5-10,14H,3-4,11-13H2,1-2H3,(H,21,23). The Bertz CT molecular complexity index is 923. The number of rotatable bonds is 6. The maximum Gasteiger partial charge on any atom is 0.251 e. The molecule has 1 aliphatic heterocycles. The van der Waals surface area contributed by atoms with Crippen molar-refractivity contribution in [2.24, 2.45) is 0 Å². The van der Waals surface area contributed by atoms with Crippen molar-refractivity contribution >= 4 is 21.6 Å². The van der Waals surface area contributed by atoms with Gasteiger partial charge >= 0.3 is 0 Å². The van der Waals surface area contributed by atoms with Crippen molar-refractivity contribution in [2.45, 2.75) is 19.3 Å². The zero-order valence-electron chi connectivity index (χ0n) is 15.6. The average Bonchev–Trinajstić information content (AvgIpc) is 2.66. The summed E-state index contributed by atoms with van der Waals surface area (Å²) in [5.74, 6) is 0.655. The molecule has 1 aliphatic rings. The van der Waals surface area contributed by atoms with E-state index in [2.05, 4.69) is 5.32 Å². The molecule has 3 rings (SSSR count). The van der Waals surface area contributed by atoms with E-state index < -0.39 is 10.0 Å². The van der Waals surface area contributed by atoms with Crippen molar-refractivity contribution in [3.05, 3.63) is 59.2 Å². The molecule has 1 heterocycles. The summed E-state index contributed by atoms with van der Waals surface area (Å²) in [6, 6.07) is 13.0. The fourth-order valence-electron chi connectivity index (χ4n) is 3.26. The van der Waals surface area contributed by atoms with Crippen molar-refractivity contribution in [3.63, 3.8) is 0 Å². The first-order chi connectivity index (χ1) is 12.9. The van der Waals surface area contributed by atoms with Gasteiger partial charge in [0, 0.05) is 18.7 Å². The third kappa shape index (κ3) is 4.60. The summed E-state index contributed by atoms with van der Waals surface area (Å²) in [6.45, 7) is 1.01. The molecule has 6 nitrogen and oxygen atoms in total. The minimum Gasteiger partial charge on any atom is -0.497 e. The highest BCUT2D eigenvalue weighted by atomic mass is 32.2. The van der Waals surface area contributed by atoms with E-state index in [0.29, 0.717) is 24.3 Å². The number of nitrogens with zero attached hydrogens (tertiary/aromatic N) is 1. The van der Waals surface area contributed by atoms with Gasteiger partial charge < -0.3 is 10.1 Å². The molecule has 0 saturated heterocycles. The summed E-state index contributed by atoms with van der Waals surface area (Å²) in [4.78, 5) is 12.4. The van der Waals surface area contributed by atoms with Gasteiger partial charge in [-0.05, 0) is 60.7 Å². The van der Waals surface area contributed by atoms with Crippen molar-refractivity contribution in [1.29, 1.82) is 0 Å². The molecule has 0 aromatic heterocycles. The van der Waals surface area contributed by atoms with Gasteiger partial charge in [-0.1, -0.05) is 12.1 Å². The molecule has 0 radical (unpaired) electrons. The van der Waals surface area contributed by atoms with E-state index in [0.717, 1.165) is 36.1 Å². The van der Waals surface area contributed by atoms with Gasteiger partial charge in [-0.2, -0.15) is 0 Å². The van der Waals surface area contributed by atoms with Crippen LogP contribution in [0.25, 0.3) is 0 Å². The molecular formula is C20H24N2O4S. The number of hydrogen-bond donors (Lipinski definition) is 1. The minimum atomic E-state index is -3.30. The topological polar surface area (TPSA) is 75.7 Å². The number of fused-ring (bicyclic) bond motifs is 1. The summed E-state index contributed by atoms with van der Waals surface area (Å²) < 4.78 is 30.4. The average molecular weight is 388 g/mol. The molecule has 1 N–H and O–H groups in total. The van der Waals surface area contributed by atoms with Gasteiger partial charge in [0.05, 0.1) is 19.1 Å². The van der Waals surface area contributed by atoms with E-state index in [-0.39, 0.29) is 5.91 Å². The van der Waals surface area contributed by atoms with E-state index in [4.69, 9.17) is 4.74 Å². The highest BCUT2D eigenvalue weighted by Crippen LogP contribution is 2.29. The second-order valence-corrected chi connectivity index (χ2v) is 8.54. The molecule has 2 aromatic carbocycles. The molecule has 0 unspecified atom stereocenters. The molecule has 1 amide bonds. The number of aryl methyl sites for hydroxylation is 1. The molecule has 0 fully saturated rings. The summed E-state index contributed by atoms with van der Waals surface area (Å²) in [5.41, 5.74) is 3.25. The quantitative estimate of drug-likeness (QED) is 0.824. The number of anilines is 1. The molecule has 144 valence electrons. The van der Waals surface area contributed by atoms with Crippen LogP contribution in [0.15, 0.2) is 42.5 Å². The van der Waals surface area contributed by atoms with Crippen molar-refractivity contribution in [2.75, 3.05) is 30.8 Å². The lowest BCUT2D eigenvalue weighted by Crippen LogP contribution is -2.34. The van der Waals surface area contributed by atoms with Crippen LogP contribution in [0, 0.1) is 0 Å². The van der Waals surface area contributed by atoms with Gasteiger partial charge in [0.2, 0.25) is 10.0 Å². The van der Waals surface area contributed by atoms with Gasteiger partial charge in [0.1, 0.15) is 5.75 Å². The monoisotopic (exact) mass is 388 g/mol. The molecule has 2 aromatic rings. The lowest BCUT2D eigenvalue weighted by Gasteiger charge is -2.29. The number of carbonyl (C=O) groups is 1. The zero-order chi connectivity index (χ0) is 19.4. The predicted molar refractivity (Wildman–Crippen MR) is 106 cm³/mol. The van der Waals surface area contributed by atoms with Gasteiger partial charge in [0.15, 0.2) is 0 Å². The smallest absolute Gasteiger partial charge is 0.251 e. The Morgan fingerprint density at radius 3 is 2.59 bits per heavy atom. The lowest BCUT2D eigenvalue weighted by molar-refractivity contribution is 0.0954. The van der Waals surface area contributed by atoms with Gasteiger partial charge in [0.25, 0.3) is 5.91 Å². The van der Waals surface area contributed by atoms with Gasteiger partial charge in [-0.15, -0.1) is 0 Å². The Balaban J connectivity index is 1.63. The van der Waals surface area contributed by atoms with Crippen LogP contribution in [-0.2, 0) is 22.9 Å². The second-order valence-electron chi connectivity index (χ2n) is 6.64. The lowest BCUT2D eigenvalue weighted by atomic mass is 10.0. The van der Waals surface area contributed by atoms with Crippen LogP contribution in [0.3, 0.4) is 0 Å². The number of ether oxygens (including phenoxy) is 1. The normalized spacial score (nSPS) is 13.8. The highest BCUT2D eigenvalue weighted by Gasteiger charge is 2.24. The molecule has 0 atom stereocenters. The minimum absolute atomic E-state index is 0.150. The molecule has 0 spiro atoms. The van der Waals surface area contributed by atoms with Crippen LogP contribution in [-0.4, -0.2) is 40.8 Å². The third-order valence-corrected chi connectivity index (χ3v) is 5.86. The number of methoxy groups -OCH3 is 1. The number of benzene rings is 2. The Labute approximate surface area is 160 Å².